The number of carbonyl (C=O) groups excluding carboxylic acids is 1. The van der Waals surface area contributed by atoms with Gasteiger partial charge in [-0.2, -0.15) is 0 Å². The van der Waals surface area contributed by atoms with Crippen LogP contribution in [0.3, 0.4) is 0 Å². The van der Waals surface area contributed by atoms with Gasteiger partial charge >= 0.3 is 0 Å². The van der Waals surface area contributed by atoms with Gasteiger partial charge in [0.05, 0.1) is 11.1 Å². The zero-order valence-electron chi connectivity index (χ0n) is 12.3. The minimum atomic E-state index is 0.0965. The average molecular weight is 283 g/mol. The number of hydrogen-bond donors (Lipinski definition) is 1. The topological polar surface area (TPSA) is 59.2 Å². The van der Waals surface area contributed by atoms with Gasteiger partial charge in [0.1, 0.15) is 0 Å². The lowest BCUT2D eigenvalue weighted by molar-refractivity contribution is 0.0569. The van der Waals surface area contributed by atoms with E-state index in [1.165, 1.54) is 0 Å². The number of likely N-dealkylation sites (tertiary alicyclic amines) is 1. The predicted octanol–water partition coefficient (Wildman–Crippen LogP) is 2.43. The lowest BCUT2D eigenvalue weighted by Crippen LogP contribution is -2.47. The summed E-state index contributed by atoms with van der Waals surface area (Å²) in [5.41, 5.74) is 7.40. The first-order valence-corrected chi connectivity index (χ1v) is 7.55. The second-order valence-electron chi connectivity index (χ2n) is 5.86. The van der Waals surface area contributed by atoms with E-state index >= 15 is 0 Å². The molecule has 2 unspecified atom stereocenters. The van der Waals surface area contributed by atoms with E-state index in [4.69, 9.17) is 5.73 Å². The zero-order chi connectivity index (χ0) is 14.8. The van der Waals surface area contributed by atoms with Crippen molar-refractivity contribution in [3.63, 3.8) is 0 Å². The number of amides is 1. The molecule has 0 radical (unpaired) electrons. The Morgan fingerprint density at radius 3 is 2.95 bits per heavy atom. The number of piperidine rings is 1. The van der Waals surface area contributed by atoms with Crippen molar-refractivity contribution in [3.05, 3.63) is 42.1 Å². The Hall–Kier alpha value is -1.94. The number of para-hydroxylation sites is 1. The van der Waals surface area contributed by atoms with Crippen molar-refractivity contribution in [1.29, 1.82) is 0 Å². The maximum atomic E-state index is 12.9. The van der Waals surface area contributed by atoms with Crippen molar-refractivity contribution in [2.24, 2.45) is 11.7 Å². The smallest absolute Gasteiger partial charge is 0.254 e. The summed E-state index contributed by atoms with van der Waals surface area (Å²) < 4.78 is 0. The summed E-state index contributed by atoms with van der Waals surface area (Å²) in [5, 5.41) is 0.923. The highest BCUT2D eigenvalue weighted by Gasteiger charge is 2.29. The van der Waals surface area contributed by atoms with Crippen LogP contribution in [0.1, 0.15) is 30.1 Å². The lowest BCUT2D eigenvalue weighted by atomic mass is 9.92. The molecule has 2 atom stereocenters. The Morgan fingerprint density at radius 1 is 1.33 bits per heavy atom. The van der Waals surface area contributed by atoms with Crippen LogP contribution in [-0.2, 0) is 0 Å². The van der Waals surface area contributed by atoms with Crippen molar-refractivity contribution < 1.29 is 4.79 Å². The van der Waals surface area contributed by atoms with Crippen LogP contribution in [0, 0.1) is 5.92 Å². The Morgan fingerprint density at radius 2 is 2.14 bits per heavy atom. The van der Waals surface area contributed by atoms with Crippen LogP contribution in [0.5, 0.6) is 0 Å². The maximum absolute atomic E-state index is 12.9. The molecule has 21 heavy (non-hydrogen) atoms. The number of fused-ring (bicyclic) bond motifs is 1. The molecular formula is C17H21N3O. The summed E-state index contributed by atoms with van der Waals surface area (Å²) in [4.78, 5) is 19.2. The van der Waals surface area contributed by atoms with Gasteiger partial charge in [-0.15, -0.1) is 0 Å². The van der Waals surface area contributed by atoms with E-state index in [1.54, 1.807) is 6.20 Å². The second-order valence-corrected chi connectivity index (χ2v) is 5.86. The number of benzene rings is 1. The fraction of sp³-hybridized carbons (Fsp3) is 0.412. The molecule has 1 fully saturated rings. The van der Waals surface area contributed by atoms with Crippen LogP contribution < -0.4 is 5.73 Å². The average Bonchev–Trinajstić information content (AvgIpc) is 2.54. The summed E-state index contributed by atoms with van der Waals surface area (Å²) in [6.45, 7) is 3.52. The van der Waals surface area contributed by atoms with E-state index in [9.17, 15) is 4.79 Å². The molecule has 2 aromatic rings. The third-order valence-electron chi connectivity index (χ3n) is 4.45. The molecule has 4 nitrogen and oxygen atoms in total. The highest BCUT2D eigenvalue weighted by atomic mass is 16.2. The Kier molecular flexibility index (Phi) is 3.88. The van der Waals surface area contributed by atoms with Gasteiger partial charge in [-0.25, -0.2) is 0 Å². The number of nitrogens with zero attached hydrogens (tertiary/aromatic N) is 2. The Labute approximate surface area is 125 Å². The summed E-state index contributed by atoms with van der Waals surface area (Å²) in [7, 11) is 0. The van der Waals surface area contributed by atoms with E-state index in [0.717, 1.165) is 35.9 Å². The van der Waals surface area contributed by atoms with E-state index in [1.807, 2.05) is 35.2 Å². The highest BCUT2D eigenvalue weighted by molar-refractivity contribution is 6.06. The fourth-order valence-electron chi connectivity index (χ4n) is 3.09. The van der Waals surface area contributed by atoms with Crippen LogP contribution in [0.4, 0.5) is 0 Å². The molecule has 0 spiro atoms. The number of hydrogen-bond acceptors (Lipinski definition) is 3. The molecule has 1 aromatic heterocycles. The minimum absolute atomic E-state index is 0.0965. The van der Waals surface area contributed by atoms with Crippen molar-refractivity contribution in [1.82, 2.24) is 9.88 Å². The first-order chi connectivity index (χ1) is 10.2. The van der Waals surface area contributed by atoms with Crippen LogP contribution in [0.25, 0.3) is 10.9 Å². The van der Waals surface area contributed by atoms with E-state index in [2.05, 4.69) is 11.9 Å². The number of rotatable bonds is 2. The molecular weight excluding hydrogens is 262 g/mol. The standard InChI is InChI=1S/C17H21N3O/c1-12-6-7-13(10-18)11-20(12)17(21)15-8-9-19-16-5-3-2-4-14(15)16/h2-5,8-9,12-13H,6-7,10-11,18H2,1H3. The molecule has 1 aromatic carbocycles. The molecule has 1 saturated heterocycles. The maximum Gasteiger partial charge on any atom is 0.254 e. The normalized spacial score (nSPS) is 22.5. The number of aromatic nitrogens is 1. The molecule has 0 bridgehead atoms. The minimum Gasteiger partial charge on any atom is -0.336 e. The largest absolute Gasteiger partial charge is 0.336 e. The predicted molar refractivity (Wildman–Crippen MR) is 84.0 cm³/mol. The SMILES string of the molecule is CC1CCC(CN)CN1C(=O)c1ccnc2ccccc12. The van der Waals surface area contributed by atoms with Gasteiger partial charge in [0.25, 0.3) is 5.91 Å². The number of pyridine rings is 1. The van der Waals surface area contributed by atoms with Crippen LogP contribution in [-0.4, -0.2) is 34.9 Å². The molecule has 0 saturated carbocycles. The van der Waals surface area contributed by atoms with Gasteiger partial charge in [-0.05, 0) is 44.4 Å². The Balaban J connectivity index is 1.96. The van der Waals surface area contributed by atoms with Crippen molar-refractivity contribution in [3.8, 4) is 0 Å². The van der Waals surface area contributed by atoms with Gasteiger partial charge in [-0.3, -0.25) is 9.78 Å². The number of nitrogens with two attached hydrogens (primary N) is 1. The Bertz CT molecular complexity index is 650. The van der Waals surface area contributed by atoms with Crippen molar-refractivity contribution in [2.75, 3.05) is 13.1 Å². The van der Waals surface area contributed by atoms with E-state index in [0.29, 0.717) is 12.5 Å². The molecule has 0 aliphatic carbocycles. The van der Waals surface area contributed by atoms with Gasteiger partial charge in [0, 0.05) is 24.2 Å². The van der Waals surface area contributed by atoms with Crippen LogP contribution in [0.2, 0.25) is 0 Å². The quantitative estimate of drug-likeness (QED) is 0.921. The highest BCUT2D eigenvalue weighted by Crippen LogP contribution is 2.25. The van der Waals surface area contributed by atoms with Crippen molar-refractivity contribution in [2.45, 2.75) is 25.8 Å². The molecule has 2 heterocycles. The molecule has 1 aliphatic heterocycles. The third-order valence-corrected chi connectivity index (χ3v) is 4.45. The van der Waals surface area contributed by atoms with Gasteiger partial charge in [0.15, 0.2) is 0 Å². The first-order valence-electron chi connectivity index (χ1n) is 7.55. The summed E-state index contributed by atoms with van der Waals surface area (Å²) in [6.07, 6.45) is 3.85. The molecule has 1 aliphatic rings. The fourth-order valence-corrected chi connectivity index (χ4v) is 3.09. The summed E-state index contributed by atoms with van der Waals surface area (Å²) in [5.74, 6) is 0.512. The summed E-state index contributed by atoms with van der Waals surface area (Å²) in [6, 6.07) is 9.88. The lowest BCUT2D eigenvalue weighted by Gasteiger charge is -2.37. The molecule has 2 N–H and O–H groups in total. The van der Waals surface area contributed by atoms with Gasteiger partial charge < -0.3 is 10.6 Å². The second kappa shape index (κ2) is 5.82. The zero-order valence-corrected chi connectivity index (χ0v) is 12.3. The van der Waals surface area contributed by atoms with Crippen LogP contribution >= 0.6 is 0 Å². The van der Waals surface area contributed by atoms with Gasteiger partial charge in [0.2, 0.25) is 0 Å². The van der Waals surface area contributed by atoms with Crippen molar-refractivity contribution >= 4 is 16.8 Å². The monoisotopic (exact) mass is 283 g/mol. The summed E-state index contributed by atoms with van der Waals surface area (Å²) >= 11 is 0. The molecule has 1 amide bonds. The molecule has 4 heteroatoms. The van der Waals surface area contributed by atoms with E-state index in [-0.39, 0.29) is 11.9 Å². The third kappa shape index (κ3) is 2.63. The molecule has 110 valence electrons. The first kappa shape index (κ1) is 14.0. The van der Waals surface area contributed by atoms with Crippen LogP contribution in [0.15, 0.2) is 36.5 Å². The van der Waals surface area contributed by atoms with Gasteiger partial charge in [-0.1, -0.05) is 18.2 Å². The number of carbonyl (C=O) groups is 1. The molecule has 3 rings (SSSR count). The van der Waals surface area contributed by atoms with E-state index < -0.39 is 0 Å².